The molecule has 0 bridgehead atoms. The van der Waals surface area contributed by atoms with Crippen molar-refractivity contribution in [3.05, 3.63) is 27.3 Å². The van der Waals surface area contributed by atoms with Crippen LogP contribution in [0.5, 0.6) is 0 Å². The van der Waals surface area contributed by atoms with Crippen molar-refractivity contribution in [2.75, 3.05) is 11.9 Å². The zero-order valence-electron chi connectivity index (χ0n) is 7.81. The van der Waals surface area contributed by atoms with Crippen LogP contribution in [0.4, 0.5) is 19.3 Å². The lowest BCUT2D eigenvalue weighted by molar-refractivity contribution is 0.168. The standard InChI is InChI=1S/C9H8F2INO2/c1-2-15-9(14)13-6-4-3-5(10)7(11)8(6)12/h3-4H,2H2,1H3,(H,13,14). The molecule has 1 amide bonds. The summed E-state index contributed by atoms with van der Waals surface area (Å²) in [7, 11) is 0. The summed E-state index contributed by atoms with van der Waals surface area (Å²) in [5.74, 6) is -1.93. The van der Waals surface area contributed by atoms with E-state index in [-0.39, 0.29) is 15.9 Å². The summed E-state index contributed by atoms with van der Waals surface area (Å²) in [6.45, 7) is 1.86. The summed E-state index contributed by atoms with van der Waals surface area (Å²) < 4.78 is 30.4. The predicted octanol–water partition coefficient (Wildman–Crippen LogP) is 3.14. The Labute approximate surface area is 98.9 Å². The number of carbonyl (C=O) groups excluding carboxylic acids is 1. The van der Waals surface area contributed by atoms with Gasteiger partial charge in [0, 0.05) is 0 Å². The number of hydrogen-bond acceptors (Lipinski definition) is 2. The Bertz CT molecular complexity index is 385. The maximum atomic E-state index is 13.1. The summed E-state index contributed by atoms with van der Waals surface area (Å²) in [4.78, 5) is 11.0. The zero-order chi connectivity index (χ0) is 11.4. The minimum Gasteiger partial charge on any atom is -0.450 e. The molecule has 82 valence electrons. The summed E-state index contributed by atoms with van der Waals surface area (Å²) in [5.41, 5.74) is 0.188. The van der Waals surface area contributed by atoms with Gasteiger partial charge in [0.05, 0.1) is 15.9 Å². The third-order valence-electron chi connectivity index (χ3n) is 1.55. The van der Waals surface area contributed by atoms with Crippen molar-refractivity contribution < 1.29 is 18.3 Å². The molecule has 0 aliphatic rings. The van der Waals surface area contributed by atoms with Gasteiger partial charge in [-0.1, -0.05) is 0 Å². The van der Waals surface area contributed by atoms with Crippen LogP contribution in [0.25, 0.3) is 0 Å². The first kappa shape index (κ1) is 12.2. The van der Waals surface area contributed by atoms with Gasteiger partial charge >= 0.3 is 6.09 Å². The second-order valence-electron chi connectivity index (χ2n) is 2.57. The molecule has 0 aromatic heterocycles. The molecule has 0 fully saturated rings. The average molecular weight is 327 g/mol. The molecule has 6 heteroatoms. The molecule has 0 unspecified atom stereocenters. The number of rotatable bonds is 2. The van der Waals surface area contributed by atoms with Crippen LogP contribution in [0.1, 0.15) is 6.92 Å². The smallest absolute Gasteiger partial charge is 0.411 e. The number of benzene rings is 1. The van der Waals surface area contributed by atoms with E-state index in [1.165, 1.54) is 6.07 Å². The van der Waals surface area contributed by atoms with Crippen molar-refractivity contribution in [3.63, 3.8) is 0 Å². The maximum absolute atomic E-state index is 13.1. The molecule has 1 aromatic rings. The molecule has 1 rings (SSSR count). The molecule has 3 nitrogen and oxygen atoms in total. The Hall–Kier alpha value is -0.920. The molecular weight excluding hydrogens is 319 g/mol. The minimum atomic E-state index is -0.982. The molecular formula is C9H8F2INO2. The molecule has 0 aliphatic carbocycles. The van der Waals surface area contributed by atoms with Gasteiger partial charge in [-0.15, -0.1) is 0 Å². The molecule has 0 saturated heterocycles. The lowest BCUT2D eigenvalue weighted by atomic mass is 10.3. The number of carbonyl (C=O) groups is 1. The van der Waals surface area contributed by atoms with Gasteiger partial charge in [-0.2, -0.15) is 0 Å². The monoisotopic (exact) mass is 327 g/mol. The van der Waals surface area contributed by atoms with E-state index in [4.69, 9.17) is 0 Å². The molecule has 1 N–H and O–H groups in total. The summed E-state index contributed by atoms with van der Waals surface area (Å²) in [6.07, 6.45) is -0.693. The Morgan fingerprint density at radius 3 is 2.80 bits per heavy atom. The quantitative estimate of drug-likeness (QED) is 0.669. The first-order valence-electron chi connectivity index (χ1n) is 4.13. The Kier molecular flexibility index (Phi) is 4.25. The normalized spacial score (nSPS) is 9.87. The van der Waals surface area contributed by atoms with Crippen LogP contribution in [0.2, 0.25) is 0 Å². The van der Waals surface area contributed by atoms with Crippen LogP contribution in [0.3, 0.4) is 0 Å². The summed E-state index contributed by atoms with van der Waals surface area (Å²) in [5, 5.41) is 2.30. The molecule has 0 spiro atoms. The lowest BCUT2D eigenvalue weighted by Gasteiger charge is -2.07. The van der Waals surface area contributed by atoms with E-state index in [1.807, 2.05) is 0 Å². The van der Waals surface area contributed by atoms with Crippen molar-refractivity contribution in [1.82, 2.24) is 0 Å². The number of hydrogen-bond donors (Lipinski definition) is 1. The number of amides is 1. The van der Waals surface area contributed by atoms with Gasteiger partial charge < -0.3 is 4.74 Å². The second-order valence-corrected chi connectivity index (χ2v) is 3.65. The highest BCUT2D eigenvalue weighted by molar-refractivity contribution is 14.1. The Balaban J connectivity index is 2.87. The van der Waals surface area contributed by atoms with Crippen molar-refractivity contribution >= 4 is 34.4 Å². The molecule has 0 radical (unpaired) electrons. The number of anilines is 1. The van der Waals surface area contributed by atoms with E-state index < -0.39 is 17.7 Å². The topological polar surface area (TPSA) is 38.3 Å². The van der Waals surface area contributed by atoms with E-state index in [1.54, 1.807) is 29.5 Å². The number of halogens is 3. The van der Waals surface area contributed by atoms with E-state index in [2.05, 4.69) is 10.1 Å². The van der Waals surface area contributed by atoms with Gasteiger partial charge in [-0.3, -0.25) is 5.32 Å². The third-order valence-corrected chi connectivity index (χ3v) is 2.60. The van der Waals surface area contributed by atoms with Crippen LogP contribution >= 0.6 is 22.6 Å². The molecule has 0 aliphatic heterocycles. The molecule has 0 saturated carbocycles. The fourth-order valence-corrected chi connectivity index (χ4v) is 1.47. The highest BCUT2D eigenvalue weighted by Crippen LogP contribution is 2.23. The molecule has 0 heterocycles. The zero-order valence-corrected chi connectivity index (χ0v) is 9.97. The third kappa shape index (κ3) is 3.01. The fraction of sp³-hybridized carbons (Fsp3) is 0.222. The van der Waals surface area contributed by atoms with E-state index in [9.17, 15) is 13.6 Å². The molecule has 1 aromatic carbocycles. The van der Waals surface area contributed by atoms with Crippen molar-refractivity contribution in [2.24, 2.45) is 0 Å². The minimum absolute atomic E-state index is 0.0145. The molecule has 0 atom stereocenters. The predicted molar refractivity (Wildman–Crippen MR) is 59.7 cm³/mol. The van der Waals surface area contributed by atoms with Gasteiger partial charge in [-0.25, -0.2) is 13.6 Å². The first-order chi connectivity index (χ1) is 7.06. The van der Waals surface area contributed by atoms with Crippen LogP contribution in [-0.4, -0.2) is 12.7 Å². The molecule has 15 heavy (non-hydrogen) atoms. The fourth-order valence-electron chi connectivity index (χ4n) is 0.900. The number of ether oxygens (including phenoxy) is 1. The highest BCUT2D eigenvalue weighted by Gasteiger charge is 2.12. The van der Waals surface area contributed by atoms with Crippen LogP contribution in [-0.2, 0) is 4.74 Å². The van der Waals surface area contributed by atoms with Gasteiger partial charge in [0.15, 0.2) is 11.6 Å². The summed E-state index contributed by atoms with van der Waals surface area (Å²) in [6, 6.07) is 2.22. The van der Waals surface area contributed by atoms with Crippen LogP contribution < -0.4 is 5.32 Å². The maximum Gasteiger partial charge on any atom is 0.411 e. The van der Waals surface area contributed by atoms with Gasteiger partial charge in [0.25, 0.3) is 0 Å². The largest absolute Gasteiger partial charge is 0.450 e. The van der Waals surface area contributed by atoms with Crippen LogP contribution in [0.15, 0.2) is 12.1 Å². The Morgan fingerprint density at radius 2 is 2.20 bits per heavy atom. The Morgan fingerprint density at radius 1 is 1.53 bits per heavy atom. The summed E-state index contributed by atoms with van der Waals surface area (Å²) >= 11 is 1.61. The van der Waals surface area contributed by atoms with E-state index in [0.717, 1.165) is 6.07 Å². The van der Waals surface area contributed by atoms with Crippen molar-refractivity contribution in [2.45, 2.75) is 6.92 Å². The van der Waals surface area contributed by atoms with Gasteiger partial charge in [0.2, 0.25) is 0 Å². The van der Waals surface area contributed by atoms with Gasteiger partial charge in [-0.05, 0) is 41.6 Å². The van der Waals surface area contributed by atoms with Crippen molar-refractivity contribution in [3.8, 4) is 0 Å². The van der Waals surface area contributed by atoms with Gasteiger partial charge in [0.1, 0.15) is 0 Å². The number of nitrogens with one attached hydrogen (secondary N) is 1. The first-order valence-corrected chi connectivity index (χ1v) is 5.21. The van der Waals surface area contributed by atoms with Crippen LogP contribution in [0, 0.1) is 15.2 Å². The van der Waals surface area contributed by atoms with E-state index >= 15 is 0 Å². The lowest BCUT2D eigenvalue weighted by Crippen LogP contribution is -2.14. The highest BCUT2D eigenvalue weighted by atomic mass is 127. The second kappa shape index (κ2) is 5.24. The van der Waals surface area contributed by atoms with E-state index in [0.29, 0.717) is 0 Å². The SMILES string of the molecule is CCOC(=O)Nc1ccc(F)c(F)c1I. The average Bonchev–Trinajstić information content (AvgIpc) is 2.20. The van der Waals surface area contributed by atoms with Crippen molar-refractivity contribution in [1.29, 1.82) is 0 Å².